The topological polar surface area (TPSA) is 56.7 Å². The molecule has 0 aliphatic carbocycles. The van der Waals surface area contributed by atoms with Crippen LogP contribution in [-0.2, 0) is 0 Å². The van der Waals surface area contributed by atoms with Crippen molar-refractivity contribution in [1.82, 2.24) is 9.88 Å². The van der Waals surface area contributed by atoms with E-state index in [0.717, 1.165) is 32.0 Å². The van der Waals surface area contributed by atoms with E-state index in [1.54, 1.807) is 12.3 Å². The van der Waals surface area contributed by atoms with E-state index < -0.39 is 5.97 Å². The van der Waals surface area contributed by atoms with Crippen LogP contribution in [-0.4, -0.2) is 54.2 Å². The summed E-state index contributed by atoms with van der Waals surface area (Å²) in [5.41, 5.74) is 0.258. The summed E-state index contributed by atoms with van der Waals surface area (Å²) in [6, 6.07) is 1.62. The third-order valence-corrected chi connectivity index (χ3v) is 3.53. The second-order valence-corrected chi connectivity index (χ2v) is 4.97. The second-order valence-electron chi connectivity index (χ2n) is 4.12. The minimum absolute atomic E-state index is 0.258. The molecule has 1 aliphatic heterocycles. The van der Waals surface area contributed by atoms with E-state index in [1.165, 1.54) is 0 Å². The van der Waals surface area contributed by atoms with Crippen LogP contribution < -0.4 is 4.90 Å². The zero-order chi connectivity index (χ0) is 12.4. The Kier molecular flexibility index (Phi) is 3.63. The molecule has 0 atom stereocenters. The number of aromatic nitrogens is 1. The number of likely N-dealkylation sites (N-methyl/N-ethyl adjacent to an activating group) is 1. The van der Waals surface area contributed by atoms with Crippen molar-refractivity contribution in [1.29, 1.82) is 0 Å². The van der Waals surface area contributed by atoms with Crippen LogP contribution in [0.2, 0.25) is 0 Å². The van der Waals surface area contributed by atoms with Crippen LogP contribution in [0.15, 0.2) is 16.7 Å². The number of hydrogen-bond acceptors (Lipinski definition) is 4. The summed E-state index contributed by atoms with van der Waals surface area (Å²) in [5, 5.41) is 9.05. The minimum Gasteiger partial charge on any atom is -0.478 e. The van der Waals surface area contributed by atoms with Crippen molar-refractivity contribution < 1.29 is 9.90 Å². The van der Waals surface area contributed by atoms with E-state index in [-0.39, 0.29) is 5.56 Å². The molecule has 0 bridgehead atoms. The average molecular weight is 300 g/mol. The highest BCUT2D eigenvalue weighted by molar-refractivity contribution is 9.10. The maximum Gasteiger partial charge on any atom is 0.337 e. The normalized spacial score (nSPS) is 17.2. The number of carboxylic acids is 1. The van der Waals surface area contributed by atoms with Gasteiger partial charge < -0.3 is 14.9 Å². The average Bonchev–Trinajstić information content (AvgIpc) is 2.30. The Morgan fingerprint density at radius 1 is 1.41 bits per heavy atom. The highest BCUT2D eigenvalue weighted by atomic mass is 79.9. The quantitative estimate of drug-likeness (QED) is 0.892. The van der Waals surface area contributed by atoms with Crippen molar-refractivity contribution in [2.24, 2.45) is 0 Å². The number of nitrogens with zero attached hydrogens (tertiary/aromatic N) is 3. The molecule has 6 heteroatoms. The molecule has 0 radical (unpaired) electrons. The number of piperazine rings is 1. The van der Waals surface area contributed by atoms with E-state index in [2.05, 4.69) is 37.8 Å². The zero-order valence-electron chi connectivity index (χ0n) is 9.56. The van der Waals surface area contributed by atoms with Crippen molar-refractivity contribution in [3.05, 3.63) is 22.3 Å². The molecule has 5 nitrogen and oxygen atoms in total. The number of carboxylic acid groups (broad SMARTS) is 1. The number of halogens is 1. The maximum atomic E-state index is 11.0. The molecule has 1 aliphatic rings. The third-order valence-electron chi connectivity index (χ3n) is 2.90. The van der Waals surface area contributed by atoms with Gasteiger partial charge in [0.05, 0.1) is 10.0 Å². The molecule has 0 unspecified atom stereocenters. The molecule has 0 spiro atoms. The third kappa shape index (κ3) is 2.76. The molecular weight excluding hydrogens is 286 g/mol. The van der Waals surface area contributed by atoms with Crippen molar-refractivity contribution in [3.63, 3.8) is 0 Å². The highest BCUT2D eigenvalue weighted by Crippen LogP contribution is 2.21. The summed E-state index contributed by atoms with van der Waals surface area (Å²) >= 11 is 3.19. The van der Waals surface area contributed by atoms with Crippen LogP contribution in [0.4, 0.5) is 5.82 Å². The van der Waals surface area contributed by atoms with Gasteiger partial charge in [0.2, 0.25) is 0 Å². The standard InChI is InChI=1S/C11H14BrN3O2/c1-14-2-4-15(5-3-14)10-6-8(11(16)17)9(12)7-13-10/h6-7H,2-5H2,1H3,(H,16,17). The van der Waals surface area contributed by atoms with Gasteiger partial charge in [0.15, 0.2) is 0 Å². The van der Waals surface area contributed by atoms with Gasteiger partial charge in [0.25, 0.3) is 0 Å². The van der Waals surface area contributed by atoms with Crippen molar-refractivity contribution in [2.45, 2.75) is 0 Å². The molecule has 0 saturated carbocycles. The van der Waals surface area contributed by atoms with Crippen LogP contribution in [0.5, 0.6) is 0 Å². The molecule has 92 valence electrons. The van der Waals surface area contributed by atoms with Crippen molar-refractivity contribution >= 4 is 27.7 Å². The van der Waals surface area contributed by atoms with Gasteiger partial charge in [-0.05, 0) is 29.0 Å². The van der Waals surface area contributed by atoms with E-state index in [1.807, 2.05) is 0 Å². The summed E-state index contributed by atoms with van der Waals surface area (Å²) in [6.45, 7) is 3.70. The van der Waals surface area contributed by atoms with Crippen molar-refractivity contribution in [2.75, 3.05) is 38.1 Å². The Morgan fingerprint density at radius 3 is 2.65 bits per heavy atom. The Morgan fingerprint density at radius 2 is 2.06 bits per heavy atom. The molecule has 2 heterocycles. The van der Waals surface area contributed by atoms with Crippen LogP contribution in [0, 0.1) is 0 Å². The molecule has 1 aromatic rings. The van der Waals surface area contributed by atoms with Gasteiger partial charge in [-0.15, -0.1) is 0 Å². The van der Waals surface area contributed by atoms with Crippen molar-refractivity contribution in [3.8, 4) is 0 Å². The van der Waals surface area contributed by atoms with Crippen LogP contribution in [0.3, 0.4) is 0 Å². The van der Waals surface area contributed by atoms with Gasteiger partial charge in [-0.25, -0.2) is 9.78 Å². The first kappa shape index (κ1) is 12.3. The molecule has 2 rings (SSSR count). The van der Waals surface area contributed by atoms with Crippen LogP contribution >= 0.6 is 15.9 Å². The first-order valence-corrected chi connectivity index (χ1v) is 6.19. The molecule has 1 saturated heterocycles. The van der Waals surface area contributed by atoms with Gasteiger partial charge in [0, 0.05) is 32.4 Å². The van der Waals surface area contributed by atoms with Gasteiger partial charge >= 0.3 is 5.97 Å². The summed E-state index contributed by atoms with van der Waals surface area (Å²) in [4.78, 5) is 19.6. The molecule has 0 amide bonds. The number of hydrogen-bond donors (Lipinski definition) is 1. The fraction of sp³-hybridized carbons (Fsp3) is 0.455. The van der Waals surface area contributed by atoms with Gasteiger partial charge in [-0.2, -0.15) is 0 Å². The fourth-order valence-corrected chi connectivity index (χ4v) is 2.19. The molecule has 17 heavy (non-hydrogen) atoms. The minimum atomic E-state index is -0.936. The first-order chi connectivity index (χ1) is 8.08. The monoisotopic (exact) mass is 299 g/mol. The van der Waals surface area contributed by atoms with E-state index >= 15 is 0 Å². The predicted octanol–water partition coefficient (Wildman–Crippen LogP) is 1.29. The van der Waals surface area contributed by atoms with E-state index in [0.29, 0.717) is 4.47 Å². The Labute approximate surface area is 108 Å². The number of aromatic carboxylic acids is 1. The summed E-state index contributed by atoms with van der Waals surface area (Å²) in [5.74, 6) is -0.201. The SMILES string of the molecule is CN1CCN(c2cc(C(=O)O)c(Br)cn2)CC1. The molecular formula is C11H14BrN3O2. The smallest absolute Gasteiger partial charge is 0.337 e. The zero-order valence-corrected chi connectivity index (χ0v) is 11.1. The predicted molar refractivity (Wildman–Crippen MR) is 68.6 cm³/mol. The lowest BCUT2D eigenvalue weighted by Crippen LogP contribution is -2.44. The van der Waals surface area contributed by atoms with Gasteiger partial charge in [0.1, 0.15) is 5.82 Å². The number of anilines is 1. The Hall–Kier alpha value is -1.14. The van der Waals surface area contributed by atoms with E-state index in [4.69, 9.17) is 5.11 Å². The molecule has 1 aromatic heterocycles. The lowest BCUT2D eigenvalue weighted by molar-refractivity contribution is 0.0696. The number of carbonyl (C=O) groups is 1. The Bertz CT molecular complexity index is 431. The molecule has 0 aromatic carbocycles. The number of pyridine rings is 1. The highest BCUT2D eigenvalue weighted by Gasteiger charge is 2.17. The van der Waals surface area contributed by atoms with Crippen LogP contribution in [0.1, 0.15) is 10.4 Å². The lowest BCUT2D eigenvalue weighted by Gasteiger charge is -2.33. The molecule has 1 N–H and O–H groups in total. The second kappa shape index (κ2) is 5.01. The van der Waals surface area contributed by atoms with Gasteiger partial charge in [-0.1, -0.05) is 0 Å². The van der Waals surface area contributed by atoms with E-state index in [9.17, 15) is 4.79 Å². The summed E-state index contributed by atoms with van der Waals surface area (Å²) in [7, 11) is 2.08. The molecule has 1 fully saturated rings. The first-order valence-electron chi connectivity index (χ1n) is 5.40. The lowest BCUT2D eigenvalue weighted by atomic mass is 10.2. The van der Waals surface area contributed by atoms with Crippen LogP contribution in [0.25, 0.3) is 0 Å². The summed E-state index contributed by atoms with van der Waals surface area (Å²) < 4.78 is 0.517. The maximum absolute atomic E-state index is 11.0. The Balaban J connectivity index is 2.21. The van der Waals surface area contributed by atoms with Gasteiger partial charge in [-0.3, -0.25) is 0 Å². The largest absolute Gasteiger partial charge is 0.478 e. The number of rotatable bonds is 2. The summed E-state index contributed by atoms with van der Waals surface area (Å²) in [6.07, 6.45) is 1.55. The fourth-order valence-electron chi connectivity index (χ4n) is 1.80.